The van der Waals surface area contributed by atoms with E-state index in [1.165, 1.54) is 0 Å². The molecule has 0 aliphatic carbocycles. The summed E-state index contributed by atoms with van der Waals surface area (Å²) >= 11 is 0. The predicted molar refractivity (Wildman–Crippen MR) is 68.8 cm³/mol. The van der Waals surface area contributed by atoms with Crippen LogP contribution in [0.3, 0.4) is 0 Å². The molecule has 0 saturated carbocycles. The van der Waals surface area contributed by atoms with Crippen LogP contribution in [0.2, 0.25) is 0 Å². The molecule has 1 heterocycles. The Morgan fingerprint density at radius 3 is 2.50 bits per heavy atom. The van der Waals surface area contributed by atoms with Gasteiger partial charge < -0.3 is 4.74 Å². The highest BCUT2D eigenvalue weighted by molar-refractivity contribution is 5.76. The molecule has 2 rings (SSSR count). The normalized spacial score (nSPS) is 10.1. The van der Waals surface area contributed by atoms with Gasteiger partial charge in [-0.3, -0.25) is 4.79 Å². The lowest BCUT2D eigenvalue weighted by Crippen LogP contribution is -1.98. The van der Waals surface area contributed by atoms with Gasteiger partial charge in [0, 0.05) is 17.2 Å². The minimum absolute atomic E-state index is 0.642. The number of carbonyl (C=O) groups is 1. The van der Waals surface area contributed by atoms with Crippen molar-refractivity contribution in [2.24, 2.45) is 0 Å². The van der Waals surface area contributed by atoms with Crippen LogP contribution in [-0.2, 0) is 6.42 Å². The zero-order chi connectivity index (χ0) is 13.0. The van der Waals surface area contributed by atoms with Crippen LogP contribution in [-0.4, -0.2) is 23.6 Å². The minimum atomic E-state index is 0.642. The van der Waals surface area contributed by atoms with Crippen molar-refractivity contribution in [1.29, 1.82) is 0 Å². The summed E-state index contributed by atoms with van der Waals surface area (Å²) in [4.78, 5) is 10.6. The molecule has 0 unspecified atom stereocenters. The molecule has 0 atom stereocenters. The Morgan fingerprint density at radius 2 is 1.94 bits per heavy atom. The molecule has 2 aromatic rings. The monoisotopic (exact) mass is 242 g/mol. The fraction of sp³-hybridized carbons (Fsp3) is 0.214. The molecule has 0 bridgehead atoms. The number of benzene rings is 1. The van der Waals surface area contributed by atoms with E-state index in [0.29, 0.717) is 5.56 Å². The SMILES string of the molecule is CCc1nnc(-c2ccc(C=O)cc2)cc1OC. The van der Waals surface area contributed by atoms with Gasteiger partial charge in [0.15, 0.2) is 0 Å². The maximum Gasteiger partial charge on any atom is 0.150 e. The number of hydrogen-bond donors (Lipinski definition) is 0. The number of carbonyl (C=O) groups excluding carboxylic acids is 1. The van der Waals surface area contributed by atoms with Gasteiger partial charge in [0.2, 0.25) is 0 Å². The molecule has 0 N–H and O–H groups in total. The Morgan fingerprint density at radius 1 is 1.22 bits per heavy atom. The number of aromatic nitrogens is 2. The first-order valence-electron chi connectivity index (χ1n) is 5.74. The van der Waals surface area contributed by atoms with Crippen molar-refractivity contribution in [2.75, 3.05) is 7.11 Å². The Bertz CT molecular complexity index is 550. The molecule has 0 fully saturated rings. The quantitative estimate of drug-likeness (QED) is 0.773. The Labute approximate surface area is 106 Å². The van der Waals surface area contributed by atoms with E-state index < -0.39 is 0 Å². The highest BCUT2D eigenvalue weighted by Crippen LogP contribution is 2.23. The third-order valence-electron chi connectivity index (χ3n) is 2.73. The highest BCUT2D eigenvalue weighted by atomic mass is 16.5. The molecule has 92 valence electrons. The van der Waals surface area contributed by atoms with Crippen LogP contribution in [0.5, 0.6) is 5.75 Å². The number of nitrogens with zero attached hydrogens (tertiary/aromatic N) is 2. The van der Waals surface area contributed by atoms with Crippen LogP contribution < -0.4 is 4.74 Å². The van der Waals surface area contributed by atoms with Gasteiger partial charge in [-0.1, -0.05) is 31.2 Å². The molecule has 0 aliphatic heterocycles. The largest absolute Gasteiger partial charge is 0.495 e. The standard InChI is InChI=1S/C14H14N2O2/c1-3-12-14(18-2)8-13(16-15-12)11-6-4-10(9-17)5-7-11/h4-9H,3H2,1-2H3. The van der Waals surface area contributed by atoms with Crippen molar-refractivity contribution in [1.82, 2.24) is 10.2 Å². The van der Waals surface area contributed by atoms with E-state index in [4.69, 9.17) is 4.74 Å². The van der Waals surface area contributed by atoms with Crippen LogP contribution in [0.4, 0.5) is 0 Å². The van der Waals surface area contributed by atoms with Gasteiger partial charge in [-0.2, -0.15) is 5.10 Å². The lowest BCUT2D eigenvalue weighted by molar-refractivity contribution is 0.112. The summed E-state index contributed by atoms with van der Waals surface area (Å²) in [6.07, 6.45) is 1.59. The third kappa shape index (κ3) is 2.37. The molecular weight excluding hydrogens is 228 g/mol. The van der Waals surface area contributed by atoms with Crippen LogP contribution >= 0.6 is 0 Å². The third-order valence-corrected chi connectivity index (χ3v) is 2.73. The molecule has 18 heavy (non-hydrogen) atoms. The molecule has 0 aliphatic rings. The fourth-order valence-corrected chi connectivity index (χ4v) is 1.70. The lowest BCUT2D eigenvalue weighted by Gasteiger charge is -2.07. The van der Waals surface area contributed by atoms with E-state index in [0.717, 1.165) is 35.4 Å². The topological polar surface area (TPSA) is 52.1 Å². The number of aldehydes is 1. The first-order valence-corrected chi connectivity index (χ1v) is 5.74. The average molecular weight is 242 g/mol. The molecule has 1 aromatic carbocycles. The summed E-state index contributed by atoms with van der Waals surface area (Å²) in [7, 11) is 1.62. The van der Waals surface area contributed by atoms with E-state index in [1.54, 1.807) is 19.2 Å². The number of methoxy groups -OCH3 is 1. The summed E-state index contributed by atoms with van der Waals surface area (Å²) in [5.74, 6) is 0.738. The number of hydrogen-bond acceptors (Lipinski definition) is 4. The molecule has 1 aromatic heterocycles. The first-order chi connectivity index (χ1) is 8.78. The van der Waals surface area contributed by atoms with Gasteiger partial charge in [-0.05, 0) is 6.42 Å². The average Bonchev–Trinajstić information content (AvgIpc) is 2.46. The molecule has 4 heteroatoms. The highest BCUT2D eigenvalue weighted by Gasteiger charge is 2.07. The van der Waals surface area contributed by atoms with Gasteiger partial charge in [0.25, 0.3) is 0 Å². The van der Waals surface area contributed by atoms with Crippen molar-refractivity contribution in [3.63, 3.8) is 0 Å². The molecule has 0 spiro atoms. The van der Waals surface area contributed by atoms with Crippen molar-refractivity contribution >= 4 is 6.29 Å². The van der Waals surface area contributed by atoms with Crippen molar-refractivity contribution in [3.8, 4) is 17.0 Å². The summed E-state index contributed by atoms with van der Waals surface area (Å²) < 4.78 is 5.28. The van der Waals surface area contributed by atoms with Crippen molar-refractivity contribution in [3.05, 3.63) is 41.6 Å². The van der Waals surface area contributed by atoms with E-state index in [2.05, 4.69) is 10.2 Å². The van der Waals surface area contributed by atoms with Gasteiger partial charge in [0.1, 0.15) is 17.7 Å². The van der Waals surface area contributed by atoms with Gasteiger partial charge in [-0.25, -0.2) is 0 Å². The maximum atomic E-state index is 10.6. The predicted octanol–water partition coefficient (Wildman–Crippen LogP) is 2.53. The number of ether oxygens (including phenoxy) is 1. The van der Waals surface area contributed by atoms with Crippen LogP contribution in [0, 0.1) is 0 Å². The summed E-state index contributed by atoms with van der Waals surface area (Å²) in [5, 5.41) is 8.31. The minimum Gasteiger partial charge on any atom is -0.495 e. The second kappa shape index (κ2) is 5.40. The number of rotatable bonds is 4. The van der Waals surface area contributed by atoms with Gasteiger partial charge in [-0.15, -0.1) is 5.10 Å². The molecule has 0 saturated heterocycles. The van der Waals surface area contributed by atoms with Crippen LogP contribution in [0.1, 0.15) is 23.0 Å². The zero-order valence-electron chi connectivity index (χ0n) is 10.4. The lowest BCUT2D eigenvalue weighted by atomic mass is 10.1. The summed E-state index contributed by atoms with van der Waals surface area (Å²) in [6.45, 7) is 2.01. The Hall–Kier alpha value is -2.23. The van der Waals surface area contributed by atoms with E-state index >= 15 is 0 Å². The van der Waals surface area contributed by atoms with Crippen molar-refractivity contribution < 1.29 is 9.53 Å². The van der Waals surface area contributed by atoms with Gasteiger partial charge >= 0.3 is 0 Å². The second-order valence-electron chi connectivity index (χ2n) is 3.84. The fourth-order valence-electron chi connectivity index (χ4n) is 1.70. The molecule has 0 amide bonds. The maximum absolute atomic E-state index is 10.6. The van der Waals surface area contributed by atoms with E-state index in [1.807, 2.05) is 25.1 Å². The van der Waals surface area contributed by atoms with Crippen molar-refractivity contribution in [2.45, 2.75) is 13.3 Å². The summed E-state index contributed by atoms with van der Waals surface area (Å²) in [6, 6.07) is 9.06. The summed E-state index contributed by atoms with van der Waals surface area (Å²) in [5.41, 5.74) is 3.13. The zero-order valence-corrected chi connectivity index (χ0v) is 10.4. The smallest absolute Gasteiger partial charge is 0.150 e. The van der Waals surface area contributed by atoms with E-state index in [9.17, 15) is 4.79 Å². The molecule has 0 radical (unpaired) electrons. The first kappa shape index (κ1) is 12.2. The molecule has 4 nitrogen and oxygen atoms in total. The second-order valence-corrected chi connectivity index (χ2v) is 3.84. The molecular formula is C14H14N2O2. The Kier molecular flexibility index (Phi) is 3.67. The number of aryl methyl sites for hydroxylation is 1. The van der Waals surface area contributed by atoms with Crippen LogP contribution in [0.15, 0.2) is 30.3 Å². The van der Waals surface area contributed by atoms with Crippen LogP contribution in [0.25, 0.3) is 11.3 Å². The van der Waals surface area contributed by atoms with E-state index in [-0.39, 0.29) is 0 Å². The Balaban J connectivity index is 2.40. The van der Waals surface area contributed by atoms with Gasteiger partial charge in [0.05, 0.1) is 12.8 Å².